The van der Waals surface area contributed by atoms with Crippen LogP contribution in [0.2, 0.25) is 0 Å². The minimum atomic E-state index is -4.43. The van der Waals surface area contributed by atoms with Crippen LogP contribution < -0.4 is 14.4 Å². The lowest BCUT2D eigenvalue weighted by Crippen LogP contribution is -2.38. The molecule has 0 saturated carbocycles. The third-order valence-electron chi connectivity index (χ3n) is 6.43. The third-order valence-corrected chi connectivity index (χ3v) is 9.40. The fourth-order valence-corrected chi connectivity index (χ4v) is 7.14. The Kier molecular flexibility index (Phi) is 8.21. The molecule has 0 fully saturated rings. The summed E-state index contributed by atoms with van der Waals surface area (Å²) in [6.07, 6.45) is 3.34. The molecule has 1 amide bonds. The van der Waals surface area contributed by atoms with Gasteiger partial charge in [0.05, 0.1) is 35.3 Å². The first-order valence-electron chi connectivity index (χ1n) is 12.0. The standard InChI is InChI=1S/C26H27N3O8S2/c1-16-8-13-19(14-21(16)29(32)33)39(34,35)28(17-9-11-18(36-2)12-10-17)15-23(30)27-25-24(26(31)37-3)20-6-4-5-7-22(20)38-25/h8-14H,4-7,15H2,1-3H3,(H,27,30). The summed E-state index contributed by atoms with van der Waals surface area (Å²) in [6.45, 7) is 0.849. The molecule has 0 unspecified atom stereocenters. The van der Waals surface area contributed by atoms with E-state index in [-0.39, 0.29) is 16.3 Å². The van der Waals surface area contributed by atoms with Crippen LogP contribution in [0.15, 0.2) is 47.4 Å². The van der Waals surface area contributed by atoms with Gasteiger partial charge >= 0.3 is 5.97 Å². The number of nitro groups is 1. The van der Waals surface area contributed by atoms with Gasteiger partial charge in [-0.25, -0.2) is 13.2 Å². The Morgan fingerprint density at radius 2 is 1.79 bits per heavy atom. The van der Waals surface area contributed by atoms with Crippen LogP contribution in [-0.4, -0.2) is 46.0 Å². The number of sulfonamides is 1. The number of anilines is 2. The van der Waals surface area contributed by atoms with Gasteiger partial charge in [0.2, 0.25) is 5.91 Å². The SMILES string of the molecule is COC(=O)c1c(NC(=O)CN(c2ccc(OC)cc2)S(=O)(=O)c2ccc(C)c([N+](=O)[O-])c2)sc2c1CCCC2. The highest BCUT2D eigenvalue weighted by Gasteiger charge is 2.31. The van der Waals surface area contributed by atoms with Crippen molar-refractivity contribution in [3.63, 3.8) is 0 Å². The minimum absolute atomic E-state index is 0.146. The van der Waals surface area contributed by atoms with E-state index in [4.69, 9.17) is 9.47 Å². The van der Waals surface area contributed by atoms with Crippen molar-refractivity contribution >= 4 is 49.6 Å². The number of esters is 1. The molecule has 4 rings (SSSR count). The number of hydrogen-bond donors (Lipinski definition) is 1. The van der Waals surface area contributed by atoms with Crippen molar-refractivity contribution in [2.45, 2.75) is 37.5 Å². The minimum Gasteiger partial charge on any atom is -0.497 e. The number of methoxy groups -OCH3 is 2. The summed E-state index contributed by atoms with van der Waals surface area (Å²) in [7, 11) is -1.70. The molecule has 0 saturated heterocycles. The van der Waals surface area contributed by atoms with Gasteiger partial charge in [-0.1, -0.05) is 6.07 Å². The monoisotopic (exact) mass is 573 g/mol. The Balaban J connectivity index is 1.72. The average molecular weight is 574 g/mol. The van der Waals surface area contributed by atoms with Crippen molar-refractivity contribution in [1.82, 2.24) is 0 Å². The summed E-state index contributed by atoms with van der Waals surface area (Å²) in [5.41, 5.74) is 1.22. The highest BCUT2D eigenvalue weighted by molar-refractivity contribution is 7.92. The molecule has 2 aromatic carbocycles. The zero-order chi connectivity index (χ0) is 28.3. The molecule has 1 aliphatic rings. The van der Waals surface area contributed by atoms with Crippen LogP contribution in [0.1, 0.15) is 39.2 Å². The number of rotatable bonds is 9. The highest BCUT2D eigenvalue weighted by Crippen LogP contribution is 2.39. The second-order valence-electron chi connectivity index (χ2n) is 8.87. The number of nitrogens with one attached hydrogen (secondary N) is 1. The molecule has 0 aliphatic heterocycles. The number of thiophene rings is 1. The molecule has 1 aliphatic carbocycles. The van der Waals surface area contributed by atoms with Crippen molar-refractivity contribution in [2.75, 3.05) is 30.4 Å². The molecule has 206 valence electrons. The van der Waals surface area contributed by atoms with Gasteiger partial charge in [0, 0.05) is 16.5 Å². The van der Waals surface area contributed by atoms with Crippen LogP contribution in [-0.2, 0) is 32.4 Å². The maximum atomic E-state index is 13.8. The van der Waals surface area contributed by atoms with E-state index in [0.29, 0.717) is 28.3 Å². The number of benzene rings is 2. The fraction of sp³-hybridized carbons (Fsp3) is 0.308. The van der Waals surface area contributed by atoms with Crippen molar-refractivity contribution in [1.29, 1.82) is 0 Å². The number of fused-ring (bicyclic) bond motifs is 1. The van der Waals surface area contributed by atoms with Crippen LogP contribution in [0.25, 0.3) is 0 Å². The molecular formula is C26H27N3O8S2. The molecule has 3 aromatic rings. The second-order valence-corrected chi connectivity index (χ2v) is 11.8. The molecule has 1 heterocycles. The van der Waals surface area contributed by atoms with Crippen LogP contribution in [0.5, 0.6) is 5.75 Å². The number of nitrogens with zero attached hydrogens (tertiary/aromatic N) is 2. The number of aryl methyl sites for hydroxylation is 2. The van der Waals surface area contributed by atoms with Gasteiger partial charge in [-0.15, -0.1) is 11.3 Å². The molecule has 0 spiro atoms. The topological polar surface area (TPSA) is 145 Å². The molecule has 13 heteroatoms. The number of ether oxygens (including phenoxy) is 2. The van der Waals surface area contributed by atoms with Gasteiger partial charge in [0.1, 0.15) is 17.3 Å². The molecule has 0 radical (unpaired) electrons. The zero-order valence-electron chi connectivity index (χ0n) is 21.6. The van der Waals surface area contributed by atoms with E-state index >= 15 is 0 Å². The first kappa shape index (κ1) is 28.0. The van der Waals surface area contributed by atoms with Crippen LogP contribution in [0.3, 0.4) is 0 Å². The van der Waals surface area contributed by atoms with Gasteiger partial charge in [-0.2, -0.15) is 0 Å². The quantitative estimate of drug-likeness (QED) is 0.224. The number of nitro benzene ring substituents is 1. The lowest BCUT2D eigenvalue weighted by atomic mass is 9.95. The summed E-state index contributed by atoms with van der Waals surface area (Å²) in [6, 6.07) is 9.59. The van der Waals surface area contributed by atoms with E-state index in [9.17, 15) is 28.1 Å². The average Bonchev–Trinajstić information content (AvgIpc) is 3.28. The Morgan fingerprint density at radius 3 is 2.44 bits per heavy atom. The summed E-state index contributed by atoms with van der Waals surface area (Å²) in [5.74, 6) is -0.797. The maximum Gasteiger partial charge on any atom is 0.341 e. The smallest absolute Gasteiger partial charge is 0.341 e. The predicted molar refractivity (Wildman–Crippen MR) is 146 cm³/mol. The number of amides is 1. The van der Waals surface area contributed by atoms with Gasteiger partial charge in [-0.3, -0.25) is 19.2 Å². The van der Waals surface area contributed by atoms with E-state index < -0.39 is 33.4 Å². The molecule has 1 aromatic heterocycles. The fourth-order valence-electron chi connectivity index (χ4n) is 4.41. The Bertz CT molecular complexity index is 1530. The van der Waals surface area contributed by atoms with Gasteiger partial charge in [0.15, 0.2) is 0 Å². The molecule has 0 atom stereocenters. The molecule has 1 N–H and O–H groups in total. The normalized spacial score (nSPS) is 12.8. The third kappa shape index (κ3) is 5.73. The summed E-state index contributed by atoms with van der Waals surface area (Å²) >= 11 is 1.28. The Labute approximate surface area is 229 Å². The molecule has 39 heavy (non-hydrogen) atoms. The first-order chi connectivity index (χ1) is 18.6. The summed E-state index contributed by atoms with van der Waals surface area (Å²) in [5, 5.41) is 14.5. The van der Waals surface area contributed by atoms with Crippen molar-refractivity contribution in [3.05, 3.63) is 74.1 Å². The largest absolute Gasteiger partial charge is 0.497 e. The molecular weight excluding hydrogens is 546 g/mol. The number of carbonyl (C=O) groups is 2. The maximum absolute atomic E-state index is 13.8. The van der Waals surface area contributed by atoms with Gasteiger partial charge < -0.3 is 14.8 Å². The lowest BCUT2D eigenvalue weighted by Gasteiger charge is -2.24. The summed E-state index contributed by atoms with van der Waals surface area (Å²) < 4.78 is 38.5. The van der Waals surface area contributed by atoms with Crippen LogP contribution in [0.4, 0.5) is 16.4 Å². The Hall–Kier alpha value is -3.97. The van der Waals surface area contributed by atoms with Gasteiger partial charge in [0.25, 0.3) is 15.7 Å². The van der Waals surface area contributed by atoms with E-state index in [1.165, 1.54) is 68.9 Å². The first-order valence-corrected chi connectivity index (χ1v) is 14.3. The number of hydrogen-bond acceptors (Lipinski definition) is 9. The predicted octanol–water partition coefficient (Wildman–Crippen LogP) is 4.47. The molecule has 11 nitrogen and oxygen atoms in total. The second kappa shape index (κ2) is 11.4. The highest BCUT2D eigenvalue weighted by atomic mass is 32.2. The van der Waals surface area contributed by atoms with E-state index in [0.717, 1.165) is 40.1 Å². The zero-order valence-corrected chi connectivity index (χ0v) is 23.2. The summed E-state index contributed by atoms with van der Waals surface area (Å²) in [4.78, 5) is 37.3. The van der Waals surface area contributed by atoms with Crippen LogP contribution in [0, 0.1) is 17.0 Å². The van der Waals surface area contributed by atoms with E-state index in [1.54, 1.807) is 0 Å². The van der Waals surface area contributed by atoms with E-state index in [2.05, 4.69) is 5.32 Å². The number of carbonyl (C=O) groups excluding carboxylic acids is 2. The van der Waals surface area contributed by atoms with Gasteiger partial charge in [-0.05, 0) is 68.5 Å². The van der Waals surface area contributed by atoms with Crippen molar-refractivity contribution in [3.8, 4) is 5.75 Å². The Morgan fingerprint density at radius 1 is 1.10 bits per heavy atom. The van der Waals surface area contributed by atoms with Crippen molar-refractivity contribution in [2.24, 2.45) is 0 Å². The van der Waals surface area contributed by atoms with Crippen molar-refractivity contribution < 1.29 is 32.4 Å². The lowest BCUT2D eigenvalue weighted by molar-refractivity contribution is -0.385. The molecule has 0 bridgehead atoms. The van der Waals surface area contributed by atoms with Crippen LogP contribution >= 0.6 is 11.3 Å². The van der Waals surface area contributed by atoms with E-state index in [1.807, 2.05) is 0 Å².